The third-order valence-corrected chi connectivity index (χ3v) is 5.47. The number of carbonyl (C=O) groups is 3. The second-order valence-electron chi connectivity index (χ2n) is 6.70. The van der Waals surface area contributed by atoms with Crippen LogP contribution in [0.25, 0.3) is 0 Å². The average Bonchev–Trinajstić information content (AvgIpc) is 3.17. The largest absolute Gasteiger partial charge is 0.433 e. The Morgan fingerprint density at radius 3 is 2.52 bits per heavy atom. The molecule has 0 radical (unpaired) electrons. The maximum Gasteiger partial charge on any atom is 0.314 e. The Kier molecular flexibility index (Phi) is 4.42. The molecule has 1 N–H and O–H groups in total. The van der Waals surface area contributed by atoms with E-state index in [0.717, 1.165) is 15.0 Å². The molecule has 8 nitrogen and oxygen atoms in total. The van der Waals surface area contributed by atoms with Crippen molar-refractivity contribution in [1.82, 2.24) is 5.01 Å². The van der Waals surface area contributed by atoms with E-state index in [1.807, 2.05) is 6.92 Å². The lowest BCUT2D eigenvalue weighted by atomic mass is 10.0. The maximum absolute atomic E-state index is 13.0. The van der Waals surface area contributed by atoms with E-state index < -0.39 is 23.5 Å². The Balaban J connectivity index is 1.77. The first-order chi connectivity index (χ1) is 13.7. The van der Waals surface area contributed by atoms with Gasteiger partial charge >= 0.3 is 11.7 Å². The van der Waals surface area contributed by atoms with Crippen LogP contribution in [-0.4, -0.2) is 28.7 Å². The molecule has 1 atom stereocenters. The van der Waals surface area contributed by atoms with Crippen molar-refractivity contribution in [1.29, 1.82) is 0 Å². The van der Waals surface area contributed by atoms with Crippen molar-refractivity contribution >= 4 is 45.3 Å². The predicted octanol–water partition coefficient (Wildman–Crippen LogP) is 3.03. The number of hydrazone groups is 1. The standard InChI is InChI=1S/C20H16BrN3O5/c1-10-8-15-17(9-16(10)21)22-19(27)20(15)24(11(2)25)23-18(29-20)13-4-6-14(7-5-13)28-12(3)26/h4-9H,1-3H3,(H,22,27). The van der Waals surface area contributed by atoms with Crippen molar-refractivity contribution in [3.05, 3.63) is 57.6 Å². The number of nitrogens with zero attached hydrogens (tertiary/aromatic N) is 2. The van der Waals surface area contributed by atoms with E-state index >= 15 is 0 Å². The Morgan fingerprint density at radius 2 is 1.90 bits per heavy atom. The molecule has 2 aromatic carbocycles. The number of amides is 2. The maximum atomic E-state index is 13.0. The summed E-state index contributed by atoms with van der Waals surface area (Å²) in [6, 6.07) is 9.98. The summed E-state index contributed by atoms with van der Waals surface area (Å²) in [7, 11) is 0. The fourth-order valence-electron chi connectivity index (χ4n) is 3.31. The van der Waals surface area contributed by atoms with Gasteiger partial charge in [-0.3, -0.25) is 14.4 Å². The topological polar surface area (TPSA) is 97.3 Å². The highest BCUT2D eigenvalue weighted by molar-refractivity contribution is 9.10. The normalized spacial score (nSPS) is 19.5. The summed E-state index contributed by atoms with van der Waals surface area (Å²) in [5.74, 6) is -0.911. The number of rotatable bonds is 2. The van der Waals surface area contributed by atoms with Gasteiger partial charge in [-0.1, -0.05) is 15.9 Å². The molecule has 0 bridgehead atoms. The molecule has 0 saturated heterocycles. The van der Waals surface area contributed by atoms with Crippen LogP contribution in [0, 0.1) is 6.92 Å². The monoisotopic (exact) mass is 457 g/mol. The summed E-state index contributed by atoms with van der Waals surface area (Å²) >= 11 is 3.44. The van der Waals surface area contributed by atoms with Crippen molar-refractivity contribution in [2.24, 2.45) is 5.10 Å². The third-order valence-electron chi connectivity index (χ3n) is 4.61. The van der Waals surface area contributed by atoms with Crippen LogP contribution in [0.2, 0.25) is 0 Å². The quantitative estimate of drug-likeness (QED) is 0.551. The number of carbonyl (C=O) groups excluding carboxylic acids is 3. The number of halogens is 1. The molecule has 2 aromatic rings. The first kappa shape index (κ1) is 19.1. The van der Waals surface area contributed by atoms with Gasteiger partial charge in [0.05, 0.1) is 11.3 Å². The third kappa shape index (κ3) is 2.98. The Morgan fingerprint density at radius 1 is 1.21 bits per heavy atom. The highest BCUT2D eigenvalue weighted by atomic mass is 79.9. The van der Waals surface area contributed by atoms with Crippen molar-refractivity contribution in [2.45, 2.75) is 26.5 Å². The van der Waals surface area contributed by atoms with Gasteiger partial charge in [-0.2, -0.15) is 5.01 Å². The molecule has 0 saturated carbocycles. The van der Waals surface area contributed by atoms with E-state index in [1.165, 1.54) is 13.8 Å². The highest BCUT2D eigenvalue weighted by Crippen LogP contribution is 2.47. The molecule has 0 fully saturated rings. The molecule has 0 aliphatic carbocycles. The summed E-state index contributed by atoms with van der Waals surface area (Å²) in [6.45, 7) is 4.50. The van der Waals surface area contributed by atoms with Crippen molar-refractivity contribution < 1.29 is 23.9 Å². The summed E-state index contributed by atoms with van der Waals surface area (Å²) in [5, 5.41) is 8.10. The predicted molar refractivity (Wildman–Crippen MR) is 107 cm³/mol. The highest BCUT2D eigenvalue weighted by Gasteiger charge is 2.60. The molecule has 148 valence electrons. The van der Waals surface area contributed by atoms with E-state index in [2.05, 4.69) is 26.3 Å². The van der Waals surface area contributed by atoms with Gasteiger partial charge in [-0.25, -0.2) is 0 Å². The second-order valence-corrected chi connectivity index (χ2v) is 7.56. The lowest BCUT2D eigenvalue weighted by Crippen LogP contribution is -2.49. The van der Waals surface area contributed by atoms with E-state index in [4.69, 9.17) is 9.47 Å². The van der Waals surface area contributed by atoms with E-state index in [1.54, 1.807) is 36.4 Å². The van der Waals surface area contributed by atoms with Crippen LogP contribution in [0.15, 0.2) is 46.0 Å². The van der Waals surface area contributed by atoms with Gasteiger partial charge in [0.1, 0.15) is 5.75 Å². The van der Waals surface area contributed by atoms with Gasteiger partial charge in [0.15, 0.2) is 0 Å². The Labute approximate surface area is 174 Å². The van der Waals surface area contributed by atoms with Crippen LogP contribution < -0.4 is 10.1 Å². The summed E-state index contributed by atoms with van der Waals surface area (Å²) < 4.78 is 11.9. The Bertz CT molecular complexity index is 1100. The number of anilines is 1. The number of nitrogens with one attached hydrogen (secondary N) is 1. The molecule has 2 amide bonds. The first-order valence-electron chi connectivity index (χ1n) is 8.71. The number of esters is 1. The van der Waals surface area contributed by atoms with Gasteiger partial charge in [0, 0.05) is 23.9 Å². The van der Waals surface area contributed by atoms with Crippen LogP contribution in [0.5, 0.6) is 5.75 Å². The average molecular weight is 458 g/mol. The van der Waals surface area contributed by atoms with Crippen molar-refractivity contribution in [3.63, 3.8) is 0 Å². The minimum absolute atomic E-state index is 0.109. The minimum Gasteiger partial charge on any atom is -0.433 e. The molecule has 2 heterocycles. The number of hydrogen-bond acceptors (Lipinski definition) is 6. The zero-order valence-electron chi connectivity index (χ0n) is 15.8. The molecule has 29 heavy (non-hydrogen) atoms. The van der Waals surface area contributed by atoms with Crippen LogP contribution in [0.3, 0.4) is 0 Å². The lowest BCUT2D eigenvalue weighted by Gasteiger charge is -2.28. The molecule has 4 rings (SSSR count). The SMILES string of the molecule is CC(=O)Oc1ccc(C2=NN(C(C)=O)C3(O2)C(=O)Nc2cc(Br)c(C)cc23)cc1. The van der Waals surface area contributed by atoms with Gasteiger partial charge in [0.25, 0.3) is 5.91 Å². The number of hydrogen-bond donors (Lipinski definition) is 1. The van der Waals surface area contributed by atoms with Crippen LogP contribution >= 0.6 is 15.9 Å². The fourth-order valence-corrected chi connectivity index (χ4v) is 3.65. The van der Waals surface area contributed by atoms with Gasteiger partial charge < -0.3 is 14.8 Å². The Hall–Kier alpha value is -3.20. The molecular formula is C20H16BrN3O5. The van der Waals surface area contributed by atoms with E-state index in [-0.39, 0.29) is 5.90 Å². The zero-order valence-corrected chi connectivity index (χ0v) is 17.4. The number of aryl methyl sites for hydroxylation is 1. The minimum atomic E-state index is -1.71. The van der Waals surface area contributed by atoms with E-state index in [0.29, 0.717) is 22.6 Å². The smallest absolute Gasteiger partial charge is 0.314 e. The van der Waals surface area contributed by atoms with Crippen molar-refractivity contribution in [2.75, 3.05) is 5.32 Å². The summed E-state index contributed by atoms with van der Waals surface area (Å²) in [6.07, 6.45) is 0. The molecule has 2 aliphatic rings. The lowest BCUT2D eigenvalue weighted by molar-refractivity contribution is -0.160. The molecule has 9 heteroatoms. The van der Waals surface area contributed by atoms with Crippen LogP contribution in [0.4, 0.5) is 5.69 Å². The summed E-state index contributed by atoms with van der Waals surface area (Å²) in [5.41, 5.74) is 0.746. The molecule has 2 aliphatic heterocycles. The number of ether oxygens (including phenoxy) is 2. The van der Waals surface area contributed by atoms with Crippen molar-refractivity contribution in [3.8, 4) is 5.75 Å². The van der Waals surface area contributed by atoms with Gasteiger partial charge in [-0.05, 0) is 48.9 Å². The number of benzene rings is 2. The van der Waals surface area contributed by atoms with E-state index in [9.17, 15) is 14.4 Å². The molecule has 1 spiro atoms. The first-order valence-corrected chi connectivity index (χ1v) is 9.51. The number of fused-ring (bicyclic) bond motifs is 2. The van der Waals surface area contributed by atoms with Crippen LogP contribution in [0.1, 0.15) is 30.5 Å². The zero-order chi connectivity index (χ0) is 20.9. The molecule has 1 unspecified atom stereocenters. The molecular weight excluding hydrogens is 442 g/mol. The summed E-state index contributed by atoms with van der Waals surface area (Å²) in [4.78, 5) is 36.4. The van der Waals surface area contributed by atoms with Gasteiger partial charge in [-0.15, -0.1) is 5.10 Å². The van der Waals surface area contributed by atoms with Crippen LogP contribution in [-0.2, 0) is 24.8 Å². The fraction of sp³-hybridized carbons (Fsp3) is 0.200. The molecule has 0 aromatic heterocycles. The van der Waals surface area contributed by atoms with Gasteiger partial charge in [0.2, 0.25) is 11.8 Å². The second kappa shape index (κ2) is 6.70.